The molecule has 2 atom stereocenters. The Kier molecular flexibility index (Phi) is 12.3. The fourth-order valence-electron chi connectivity index (χ4n) is 5.88. The molecule has 0 aliphatic rings. The number of nitrogens with one attached hydrogen (secondary N) is 1. The molecule has 196 valence electrons. The van der Waals surface area contributed by atoms with Crippen molar-refractivity contribution in [1.82, 2.24) is 4.98 Å². The molecule has 2 nitrogen and oxygen atoms in total. The molecule has 0 amide bonds. The van der Waals surface area contributed by atoms with Crippen molar-refractivity contribution in [2.45, 2.75) is 122 Å². The normalized spacial score (nSPS) is 14.0. The lowest BCUT2D eigenvalue weighted by atomic mass is 9.66. The third-order valence-electron chi connectivity index (χ3n) is 8.09. The number of aromatic amines is 1. The second-order valence-electron chi connectivity index (χ2n) is 11.0. The maximum absolute atomic E-state index is 3.72. The third-order valence-corrected chi connectivity index (χ3v) is 8.09. The van der Waals surface area contributed by atoms with Gasteiger partial charge >= 0.3 is 0 Å². The van der Waals surface area contributed by atoms with Crippen LogP contribution in [-0.4, -0.2) is 4.98 Å². The van der Waals surface area contributed by atoms with Crippen molar-refractivity contribution in [3.8, 4) is 0 Å². The van der Waals surface area contributed by atoms with Gasteiger partial charge in [-0.25, -0.2) is 9.55 Å². The molecule has 1 N–H and O–H groups in total. The minimum atomic E-state index is 0.0155. The summed E-state index contributed by atoms with van der Waals surface area (Å²) in [6, 6.07) is 22.4. The van der Waals surface area contributed by atoms with Crippen LogP contribution in [0.5, 0.6) is 0 Å². The number of hydrogen-bond acceptors (Lipinski definition) is 0. The number of benzene rings is 2. The van der Waals surface area contributed by atoms with Gasteiger partial charge in [-0.1, -0.05) is 146 Å². The summed E-state index contributed by atoms with van der Waals surface area (Å²) in [5, 5.41) is 0. The van der Waals surface area contributed by atoms with E-state index >= 15 is 0 Å². The van der Waals surface area contributed by atoms with Crippen LogP contribution in [0.1, 0.15) is 121 Å². The van der Waals surface area contributed by atoms with E-state index < -0.39 is 0 Å². The van der Waals surface area contributed by atoms with Crippen molar-refractivity contribution >= 4 is 0 Å². The molecule has 0 saturated heterocycles. The van der Waals surface area contributed by atoms with Gasteiger partial charge < -0.3 is 0 Å². The van der Waals surface area contributed by atoms with E-state index in [9.17, 15) is 0 Å². The standard InChI is InChI=1S/C34H50N2/c1-4-6-8-9-10-11-12-13-20-25-32(33-35-26-28-36(33)27-7-5-2)34(3,31-23-18-15-19-24-31)29-30-21-16-14-17-22-30/h14-19,21-24,26,28,32H,4-13,20,25,27,29H2,1-3H3/p+1. The highest BCUT2D eigenvalue weighted by atomic mass is 15.1. The third kappa shape index (κ3) is 8.36. The first-order valence-electron chi connectivity index (χ1n) is 14.8. The first-order valence-corrected chi connectivity index (χ1v) is 14.8. The fourth-order valence-corrected chi connectivity index (χ4v) is 5.88. The lowest BCUT2D eigenvalue weighted by Gasteiger charge is -2.37. The minimum absolute atomic E-state index is 0.0155. The molecule has 3 rings (SSSR count). The van der Waals surface area contributed by atoms with Gasteiger partial charge in [-0.15, -0.1) is 0 Å². The van der Waals surface area contributed by atoms with E-state index in [4.69, 9.17) is 0 Å². The molecule has 0 fully saturated rings. The fraction of sp³-hybridized carbons (Fsp3) is 0.559. The highest BCUT2D eigenvalue weighted by molar-refractivity contribution is 5.32. The first kappa shape index (κ1) is 28.2. The van der Waals surface area contributed by atoms with Gasteiger partial charge in [0, 0.05) is 5.41 Å². The monoisotopic (exact) mass is 487 g/mol. The average Bonchev–Trinajstić information content (AvgIpc) is 3.37. The Balaban J connectivity index is 1.81. The van der Waals surface area contributed by atoms with Crippen LogP contribution < -0.4 is 4.57 Å². The topological polar surface area (TPSA) is 19.7 Å². The molecule has 1 heterocycles. The summed E-state index contributed by atoms with van der Waals surface area (Å²) >= 11 is 0. The lowest BCUT2D eigenvalue weighted by Crippen LogP contribution is -2.43. The summed E-state index contributed by atoms with van der Waals surface area (Å²) in [5.41, 5.74) is 2.89. The van der Waals surface area contributed by atoms with Gasteiger partial charge in [0.15, 0.2) is 0 Å². The Hall–Kier alpha value is -2.35. The van der Waals surface area contributed by atoms with Crippen molar-refractivity contribution in [1.29, 1.82) is 0 Å². The van der Waals surface area contributed by atoms with Crippen LogP contribution in [0.2, 0.25) is 0 Å². The van der Waals surface area contributed by atoms with Crippen molar-refractivity contribution in [2.24, 2.45) is 0 Å². The number of nitrogens with zero attached hydrogens (tertiary/aromatic N) is 1. The Bertz CT molecular complexity index is 946. The van der Waals surface area contributed by atoms with Crippen LogP contribution in [0.25, 0.3) is 0 Å². The highest BCUT2D eigenvalue weighted by Gasteiger charge is 2.41. The molecule has 2 unspecified atom stereocenters. The van der Waals surface area contributed by atoms with E-state index in [1.165, 1.54) is 94.0 Å². The number of hydrogen-bond donors (Lipinski definition) is 1. The zero-order chi connectivity index (χ0) is 25.5. The Morgan fingerprint density at radius 2 is 1.31 bits per heavy atom. The van der Waals surface area contributed by atoms with Crippen LogP contribution in [0.3, 0.4) is 0 Å². The summed E-state index contributed by atoms with van der Waals surface area (Å²) in [7, 11) is 0. The summed E-state index contributed by atoms with van der Waals surface area (Å²) in [4.78, 5) is 3.72. The average molecular weight is 488 g/mol. The van der Waals surface area contributed by atoms with E-state index in [0.717, 1.165) is 13.0 Å². The summed E-state index contributed by atoms with van der Waals surface area (Å²) in [6.07, 6.45) is 21.5. The predicted octanol–water partition coefficient (Wildman–Crippen LogP) is 9.31. The number of aryl methyl sites for hydroxylation is 1. The number of aromatic nitrogens is 2. The molecule has 0 bridgehead atoms. The Morgan fingerprint density at radius 3 is 1.94 bits per heavy atom. The summed E-state index contributed by atoms with van der Waals surface area (Å²) in [6.45, 7) is 8.20. The summed E-state index contributed by atoms with van der Waals surface area (Å²) in [5.74, 6) is 1.85. The molecule has 0 saturated carbocycles. The quantitative estimate of drug-likeness (QED) is 0.136. The molecule has 2 aromatic carbocycles. The Morgan fingerprint density at radius 1 is 0.722 bits per heavy atom. The van der Waals surface area contributed by atoms with E-state index in [0.29, 0.717) is 5.92 Å². The molecule has 0 aliphatic carbocycles. The van der Waals surface area contributed by atoms with Crippen LogP contribution in [0, 0.1) is 0 Å². The Labute approximate surface area is 221 Å². The van der Waals surface area contributed by atoms with E-state index in [1.54, 1.807) is 0 Å². The zero-order valence-corrected chi connectivity index (χ0v) is 23.4. The number of rotatable bonds is 18. The van der Waals surface area contributed by atoms with Gasteiger partial charge in [-0.3, -0.25) is 0 Å². The number of imidazole rings is 1. The summed E-state index contributed by atoms with van der Waals surface area (Å²) < 4.78 is 2.51. The molecular weight excluding hydrogens is 436 g/mol. The SMILES string of the molecule is CCCCCCCCCCCC(c1[nH]cc[n+]1CCCC)C(C)(Cc1ccccc1)c1ccccc1. The lowest BCUT2D eigenvalue weighted by molar-refractivity contribution is -0.705. The predicted molar refractivity (Wildman–Crippen MR) is 154 cm³/mol. The molecule has 0 spiro atoms. The van der Waals surface area contributed by atoms with E-state index in [2.05, 4.69) is 103 Å². The van der Waals surface area contributed by atoms with Gasteiger partial charge in [0.2, 0.25) is 0 Å². The van der Waals surface area contributed by atoms with E-state index in [1.807, 2.05) is 0 Å². The van der Waals surface area contributed by atoms with Crippen LogP contribution in [-0.2, 0) is 18.4 Å². The second kappa shape index (κ2) is 15.7. The molecule has 2 heteroatoms. The van der Waals surface area contributed by atoms with Gasteiger partial charge in [-0.2, -0.15) is 0 Å². The van der Waals surface area contributed by atoms with Crippen molar-refractivity contribution < 1.29 is 4.57 Å². The minimum Gasteiger partial charge on any atom is -0.247 e. The molecular formula is C34H51N2+. The van der Waals surface area contributed by atoms with Gasteiger partial charge in [0.05, 0.1) is 12.5 Å². The van der Waals surface area contributed by atoms with Gasteiger partial charge in [0.25, 0.3) is 5.82 Å². The molecule has 1 aromatic heterocycles. The van der Waals surface area contributed by atoms with Crippen molar-refractivity contribution in [2.75, 3.05) is 0 Å². The van der Waals surface area contributed by atoms with Crippen molar-refractivity contribution in [3.63, 3.8) is 0 Å². The maximum atomic E-state index is 3.72. The maximum Gasteiger partial charge on any atom is 0.258 e. The molecule has 36 heavy (non-hydrogen) atoms. The van der Waals surface area contributed by atoms with Crippen molar-refractivity contribution in [3.05, 3.63) is 90.0 Å². The van der Waals surface area contributed by atoms with E-state index in [-0.39, 0.29) is 5.41 Å². The molecule has 3 aromatic rings. The second-order valence-corrected chi connectivity index (χ2v) is 11.0. The largest absolute Gasteiger partial charge is 0.258 e. The molecule has 0 aliphatic heterocycles. The number of H-pyrrole nitrogens is 1. The zero-order valence-electron chi connectivity index (χ0n) is 23.4. The van der Waals surface area contributed by atoms with Crippen LogP contribution >= 0.6 is 0 Å². The van der Waals surface area contributed by atoms with Gasteiger partial charge in [-0.05, 0) is 30.4 Å². The highest BCUT2D eigenvalue weighted by Crippen LogP contribution is 2.43. The van der Waals surface area contributed by atoms with Crippen LogP contribution in [0.4, 0.5) is 0 Å². The smallest absolute Gasteiger partial charge is 0.247 e. The van der Waals surface area contributed by atoms with Crippen LogP contribution in [0.15, 0.2) is 73.1 Å². The number of unbranched alkanes of at least 4 members (excludes halogenated alkanes) is 9. The first-order chi connectivity index (χ1) is 17.7. The van der Waals surface area contributed by atoms with Gasteiger partial charge in [0.1, 0.15) is 12.4 Å². The molecule has 0 radical (unpaired) electrons.